The number of hydrogen-bond acceptors (Lipinski definition) is 6. The van der Waals surface area contributed by atoms with Crippen molar-refractivity contribution in [3.63, 3.8) is 0 Å². The number of hydrogen-bond donors (Lipinski definition) is 0. The van der Waals surface area contributed by atoms with E-state index >= 15 is 0 Å². The normalized spacial score (nSPS) is 20.5. The fraction of sp³-hybridized carbons (Fsp3) is 0.543. The van der Waals surface area contributed by atoms with E-state index in [1.54, 1.807) is 0 Å². The van der Waals surface area contributed by atoms with Crippen molar-refractivity contribution in [1.82, 2.24) is 9.97 Å². The van der Waals surface area contributed by atoms with Gasteiger partial charge in [-0.05, 0) is 80.0 Å². The molecule has 0 fully saturated rings. The van der Waals surface area contributed by atoms with Crippen LogP contribution in [0.1, 0.15) is 66.2 Å². The van der Waals surface area contributed by atoms with Gasteiger partial charge in [-0.1, -0.05) is 52.0 Å². The largest absolute Gasteiger partial charge is 0.486 e. The molecule has 1 aliphatic heterocycles. The van der Waals surface area contributed by atoms with Crippen LogP contribution in [0.5, 0.6) is 11.5 Å². The molecule has 41 heavy (non-hydrogen) atoms. The third kappa shape index (κ3) is 8.52. The van der Waals surface area contributed by atoms with Crippen molar-refractivity contribution in [2.75, 3.05) is 26.4 Å². The Morgan fingerprint density at radius 2 is 1.22 bits per heavy atom. The van der Waals surface area contributed by atoms with E-state index in [0.717, 1.165) is 72.1 Å². The minimum absolute atomic E-state index is 0.00195. The van der Waals surface area contributed by atoms with Crippen molar-refractivity contribution >= 4 is 22.1 Å². The first-order valence-corrected chi connectivity index (χ1v) is 15.2. The maximum absolute atomic E-state index is 6.63. The second-order valence-corrected chi connectivity index (χ2v) is 12.3. The van der Waals surface area contributed by atoms with Gasteiger partial charge in [-0.2, -0.15) is 0 Å². The summed E-state index contributed by atoms with van der Waals surface area (Å²) in [6, 6.07) is 11.9. The van der Waals surface area contributed by atoms with Gasteiger partial charge < -0.3 is 18.9 Å². The first kappa shape index (κ1) is 31.0. The lowest BCUT2D eigenvalue weighted by molar-refractivity contribution is 0.00664. The Kier molecular flexibility index (Phi) is 11.2. The van der Waals surface area contributed by atoms with Crippen LogP contribution in [0.15, 0.2) is 61.7 Å². The summed E-state index contributed by atoms with van der Waals surface area (Å²) in [5, 5.41) is 0. The lowest BCUT2D eigenvalue weighted by Crippen LogP contribution is -2.29. The summed E-state index contributed by atoms with van der Waals surface area (Å²) in [5.41, 5.74) is 3.07. The van der Waals surface area contributed by atoms with E-state index in [1.807, 2.05) is 48.6 Å². The number of benzene rings is 2. The first-order chi connectivity index (χ1) is 19.8. The molecule has 4 rings (SSSR count). The van der Waals surface area contributed by atoms with Crippen LogP contribution in [0.2, 0.25) is 0 Å². The van der Waals surface area contributed by atoms with Crippen molar-refractivity contribution < 1.29 is 18.9 Å². The Bertz CT molecular complexity index is 1190. The zero-order valence-electron chi connectivity index (χ0n) is 25.4. The highest BCUT2D eigenvalue weighted by Crippen LogP contribution is 2.37. The van der Waals surface area contributed by atoms with Crippen LogP contribution in [0, 0.1) is 17.3 Å². The average Bonchev–Trinajstić information content (AvgIpc) is 2.92. The first-order valence-electron chi connectivity index (χ1n) is 15.2. The van der Waals surface area contributed by atoms with Gasteiger partial charge in [-0.3, -0.25) is 0 Å². The van der Waals surface area contributed by atoms with E-state index < -0.39 is 0 Å². The Morgan fingerprint density at radius 3 is 1.63 bits per heavy atom. The molecule has 0 radical (unpaired) electrons. The molecule has 1 unspecified atom stereocenters. The van der Waals surface area contributed by atoms with Gasteiger partial charge in [-0.25, -0.2) is 9.97 Å². The van der Waals surface area contributed by atoms with Crippen molar-refractivity contribution in [2.24, 2.45) is 17.3 Å². The van der Waals surface area contributed by atoms with Crippen LogP contribution in [0.3, 0.4) is 0 Å². The minimum Gasteiger partial charge on any atom is -0.486 e. The van der Waals surface area contributed by atoms with Gasteiger partial charge >= 0.3 is 0 Å². The Balaban J connectivity index is 1.74. The number of ether oxygens (including phenoxy) is 4. The molecule has 2 aromatic carbocycles. The number of allylic oxidation sites excluding steroid dienone is 2. The summed E-state index contributed by atoms with van der Waals surface area (Å²) in [4.78, 5) is 10.0. The van der Waals surface area contributed by atoms with Crippen molar-refractivity contribution in [3.8, 4) is 11.5 Å². The molecular formula is C35H48N2O4. The van der Waals surface area contributed by atoms with Gasteiger partial charge in [0.1, 0.15) is 34.7 Å². The molecule has 0 saturated carbocycles. The summed E-state index contributed by atoms with van der Waals surface area (Å²) < 4.78 is 25.9. The monoisotopic (exact) mass is 560 g/mol. The van der Waals surface area contributed by atoms with Crippen LogP contribution in [0.25, 0.3) is 22.1 Å². The number of rotatable bonds is 8. The summed E-state index contributed by atoms with van der Waals surface area (Å²) >= 11 is 0. The Hall–Kier alpha value is -2.96. The maximum atomic E-state index is 6.63. The number of nitrogens with zero attached hydrogens (tertiary/aromatic N) is 2. The van der Waals surface area contributed by atoms with Crippen molar-refractivity contribution in [3.05, 3.63) is 61.7 Å². The molecular weight excluding hydrogens is 512 g/mol. The van der Waals surface area contributed by atoms with Gasteiger partial charge in [0, 0.05) is 13.2 Å². The molecule has 0 amide bonds. The topological polar surface area (TPSA) is 62.7 Å². The molecule has 2 bridgehead atoms. The smallest absolute Gasteiger partial charge is 0.147 e. The molecule has 0 spiro atoms. The standard InChI is InChI=1S/C35H48N2O4/c1-7-15-35(16-8-2)17-19-38-23-27(21-25(3)4)40-31-13-9-11-29-33(31)37-34-30(36-29)12-10-14-32(34)41-28(22-26(5)6)24-39-20-18-35/h7-14,25-28H,1-2,15-24H2,3-6H3/t27-,28?/m1/s1. The molecule has 222 valence electrons. The third-order valence-corrected chi connectivity index (χ3v) is 7.79. The molecule has 0 saturated heterocycles. The molecule has 0 N–H and O–H groups in total. The fourth-order valence-corrected chi connectivity index (χ4v) is 5.81. The van der Waals surface area contributed by atoms with Gasteiger partial charge in [0.05, 0.1) is 24.2 Å². The van der Waals surface area contributed by atoms with Gasteiger partial charge in [0.2, 0.25) is 0 Å². The SMILES string of the molecule is C=CCC1(CC=C)CCOCC(CC(C)C)Oc2cccc3nc4cccc(c4nc23)O[C@H](CC(C)C)COCC1. The van der Waals surface area contributed by atoms with Crippen LogP contribution in [0.4, 0.5) is 0 Å². The summed E-state index contributed by atoms with van der Waals surface area (Å²) in [5.74, 6) is 2.35. The lowest BCUT2D eigenvalue weighted by atomic mass is 9.75. The average molecular weight is 561 g/mol. The van der Waals surface area contributed by atoms with Crippen molar-refractivity contribution in [2.45, 2.75) is 78.4 Å². The van der Waals surface area contributed by atoms with Crippen molar-refractivity contribution in [1.29, 1.82) is 0 Å². The predicted octanol–water partition coefficient (Wildman–Crippen LogP) is 8.34. The number of aromatic nitrogens is 2. The second-order valence-electron chi connectivity index (χ2n) is 12.3. The quantitative estimate of drug-likeness (QED) is 0.204. The van der Waals surface area contributed by atoms with E-state index in [9.17, 15) is 0 Å². The van der Waals surface area contributed by atoms with Crippen LogP contribution in [-0.2, 0) is 9.47 Å². The number of para-hydroxylation sites is 2. The van der Waals surface area contributed by atoms with E-state index in [0.29, 0.717) is 38.3 Å². The van der Waals surface area contributed by atoms with Gasteiger partial charge in [0.25, 0.3) is 0 Å². The van der Waals surface area contributed by atoms with Crippen LogP contribution >= 0.6 is 0 Å². The van der Waals surface area contributed by atoms with Gasteiger partial charge in [0.15, 0.2) is 0 Å². The minimum atomic E-state index is -0.101. The molecule has 1 aliphatic rings. The fourth-order valence-electron chi connectivity index (χ4n) is 5.81. The second kappa shape index (κ2) is 14.8. The van der Waals surface area contributed by atoms with Gasteiger partial charge in [-0.15, -0.1) is 13.2 Å². The van der Waals surface area contributed by atoms with E-state index in [1.165, 1.54) is 0 Å². The van der Waals surface area contributed by atoms with Crippen LogP contribution < -0.4 is 9.47 Å². The van der Waals surface area contributed by atoms with E-state index in [-0.39, 0.29) is 17.6 Å². The molecule has 0 aliphatic carbocycles. The highest BCUT2D eigenvalue weighted by Gasteiger charge is 2.28. The summed E-state index contributed by atoms with van der Waals surface area (Å²) in [6.07, 6.45) is 9.16. The highest BCUT2D eigenvalue weighted by molar-refractivity contribution is 5.92. The molecule has 2 heterocycles. The van der Waals surface area contributed by atoms with Crippen LogP contribution in [-0.4, -0.2) is 48.6 Å². The predicted molar refractivity (Wildman–Crippen MR) is 168 cm³/mol. The maximum Gasteiger partial charge on any atom is 0.147 e. The zero-order chi connectivity index (χ0) is 29.2. The highest BCUT2D eigenvalue weighted by atomic mass is 16.5. The molecule has 1 aromatic heterocycles. The third-order valence-electron chi connectivity index (χ3n) is 7.79. The lowest BCUT2D eigenvalue weighted by Gasteiger charge is -2.33. The summed E-state index contributed by atoms with van der Waals surface area (Å²) in [7, 11) is 0. The Morgan fingerprint density at radius 1 is 0.756 bits per heavy atom. The summed E-state index contributed by atoms with van der Waals surface area (Å²) in [6.45, 7) is 19.2. The molecule has 6 nitrogen and oxygen atoms in total. The zero-order valence-corrected chi connectivity index (χ0v) is 25.4. The Labute approximate surface area is 246 Å². The molecule has 6 heteroatoms. The molecule has 3 aromatic rings. The van der Waals surface area contributed by atoms with E-state index in [2.05, 4.69) is 40.9 Å². The molecule has 2 atom stereocenters. The van der Waals surface area contributed by atoms with E-state index in [4.69, 9.17) is 28.9 Å².